The summed E-state index contributed by atoms with van der Waals surface area (Å²) in [4.78, 5) is 3.87. The molecule has 0 saturated carbocycles. The number of nitrogens with zero attached hydrogens (tertiary/aromatic N) is 3. The first-order valence-corrected chi connectivity index (χ1v) is 7.58. The van der Waals surface area contributed by atoms with E-state index in [2.05, 4.69) is 4.98 Å². The molecule has 7 heteroatoms. The summed E-state index contributed by atoms with van der Waals surface area (Å²) < 4.78 is 26.3. The van der Waals surface area contributed by atoms with Gasteiger partial charge >= 0.3 is 0 Å². The highest BCUT2D eigenvalue weighted by Crippen LogP contribution is 2.22. The van der Waals surface area contributed by atoms with E-state index in [0.717, 1.165) is 12.8 Å². The minimum absolute atomic E-state index is 0.0655. The van der Waals surface area contributed by atoms with E-state index in [-0.39, 0.29) is 10.9 Å². The van der Waals surface area contributed by atoms with E-state index in [4.69, 9.17) is 11.0 Å². The molecule has 1 aromatic rings. The van der Waals surface area contributed by atoms with Crippen LogP contribution in [0.5, 0.6) is 0 Å². The Bertz CT molecular complexity index is 594. The van der Waals surface area contributed by atoms with Crippen molar-refractivity contribution in [1.82, 2.24) is 9.29 Å². The fourth-order valence-corrected chi connectivity index (χ4v) is 3.70. The van der Waals surface area contributed by atoms with Crippen molar-refractivity contribution in [2.24, 2.45) is 11.7 Å². The largest absolute Gasteiger partial charge is 0.330 e. The van der Waals surface area contributed by atoms with Crippen LogP contribution in [-0.4, -0.2) is 37.3 Å². The molecule has 2 rings (SSSR count). The molecule has 1 atom stereocenters. The van der Waals surface area contributed by atoms with Crippen molar-refractivity contribution in [3.63, 3.8) is 0 Å². The van der Waals surface area contributed by atoms with Crippen LogP contribution in [0.2, 0.25) is 0 Å². The second-order valence-electron chi connectivity index (χ2n) is 4.60. The van der Waals surface area contributed by atoms with Gasteiger partial charge < -0.3 is 5.73 Å². The lowest BCUT2D eigenvalue weighted by Gasteiger charge is -2.30. The minimum atomic E-state index is -3.62. The van der Waals surface area contributed by atoms with Gasteiger partial charge in [0.2, 0.25) is 0 Å². The maximum Gasteiger partial charge on any atom is 0.260 e. The zero-order valence-electron chi connectivity index (χ0n) is 10.5. The predicted molar refractivity (Wildman–Crippen MR) is 69.5 cm³/mol. The molecule has 1 aliphatic rings. The molecule has 0 aromatic carbocycles. The number of hydrogen-bond acceptors (Lipinski definition) is 5. The van der Waals surface area contributed by atoms with Crippen LogP contribution >= 0.6 is 0 Å². The summed E-state index contributed by atoms with van der Waals surface area (Å²) in [6.07, 6.45) is 3.10. The van der Waals surface area contributed by atoms with Gasteiger partial charge in [-0.05, 0) is 37.4 Å². The zero-order valence-corrected chi connectivity index (χ0v) is 11.3. The number of hydrogen-bond donors (Lipinski definition) is 1. The number of sulfonamides is 1. The first kappa shape index (κ1) is 13.9. The standard InChI is InChI=1S/C12H16N4O2S/c13-7-10-3-4-15-12(6-10)19(17,18)16-5-1-2-11(8-14)9-16/h3-4,6,11H,1-2,5,8-9,14H2/t11-/m1/s1. The molecule has 2 N–H and O–H groups in total. The maximum atomic E-state index is 12.4. The molecule has 0 bridgehead atoms. The molecule has 1 aliphatic heterocycles. The van der Waals surface area contributed by atoms with E-state index in [1.807, 2.05) is 6.07 Å². The van der Waals surface area contributed by atoms with Crippen molar-refractivity contribution in [2.75, 3.05) is 19.6 Å². The first-order chi connectivity index (χ1) is 9.07. The summed E-state index contributed by atoms with van der Waals surface area (Å²) >= 11 is 0. The fraction of sp³-hybridized carbons (Fsp3) is 0.500. The Balaban J connectivity index is 2.29. The second kappa shape index (κ2) is 5.65. The van der Waals surface area contributed by atoms with E-state index < -0.39 is 10.0 Å². The predicted octanol–water partition coefficient (Wildman–Crippen LogP) is 0.313. The second-order valence-corrected chi connectivity index (χ2v) is 6.49. The minimum Gasteiger partial charge on any atom is -0.330 e. The number of pyridine rings is 1. The number of rotatable bonds is 3. The van der Waals surface area contributed by atoms with Gasteiger partial charge in [0.05, 0.1) is 11.6 Å². The van der Waals surface area contributed by atoms with Crippen LogP contribution in [0.3, 0.4) is 0 Å². The van der Waals surface area contributed by atoms with Gasteiger partial charge in [-0.2, -0.15) is 9.57 Å². The third kappa shape index (κ3) is 2.92. The van der Waals surface area contributed by atoms with E-state index >= 15 is 0 Å². The monoisotopic (exact) mass is 280 g/mol. The quantitative estimate of drug-likeness (QED) is 0.859. The van der Waals surface area contributed by atoms with Crippen LogP contribution in [0, 0.1) is 17.2 Å². The summed E-state index contributed by atoms with van der Waals surface area (Å²) in [7, 11) is -3.62. The number of piperidine rings is 1. The van der Waals surface area contributed by atoms with E-state index in [1.54, 1.807) is 0 Å². The average molecular weight is 280 g/mol. The summed E-state index contributed by atoms with van der Waals surface area (Å²) in [5, 5.41) is 8.75. The van der Waals surface area contributed by atoms with Crippen LogP contribution in [0.15, 0.2) is 23.4 Å². The van der Waals surface area contributed by atoms with Gasteiger partial charge in [0.25, 0.3) is 10.0 Å². The molecule has 1 fully saturated rings. The summed E-state index contributed by atoms with van der Waals surface area (Å²) in [5.74, 6) is 0.197. The number of nitriles is 1. The van der Waals surface area contributed by atoms with Gasteiger partial charge in [0, 0.05) is 19.3 Å². The van der Waals surface area contributed by atoms with Crippen molar-refractivity contribution in [2.45, 2.75) is 17.9 Å². The molecule has 1 aromatic heterocycles. The molecule has 0 unspecified atom stereocenters. The van der Waals surface area contributed by atoms with Crippen LogP contribution < -0.4 is 5.73 Å². The number of aromatic nitrogens is 1. The molecule has 0 radical (unpaired) electrons. The molecular formula is C12H16N4O2S. The Morgan fingerprint density at radius 2 is 2.37 bits per heavy atom. The molecule has 0 amide bonds. The molecular weight excluding hydrogens is 264 g/mol. The van der Waals surface area contributed by atoms with Crippen molar-refractivity contribution in [1.29, 1.82) is 5.26 Å². The van der Waals surface area contributed by atoms with Crippen molar-refractivity contribution < 1.29 is 8.42 Å². The molecule has 19 heavy (non-hydrogen) atoms. The van der Waals surface area contributed by atoms with Gasteiger partial charge in [0.15, 0.2) is 5.03 Å². The molecule has 0 aliphatic carbocycles. The van der Waals surface area contributed by atoms with Crippen LogP contribution in [0.1, 0.15) is 18.4 Å². The molecule has 0 spiro atoms. The fourth-order valence-electron chi connectivity index (χ4n) is 2.19. The lowest BCUT2D eigenvalue weighted by molar-refractivity contribution is 0.271. The maximum absolute atomic E-state index is 12.4. The number of nitrogens with two attached hydrogens (primary N) is 1. The van der Waals surface area contributed by atoms with Crippen molar-refractivity contribution in [3.8, 4) is 6.07 Å². The van der Waals surface area contributed by atoms with Crippen molar-refractivity contribution in [3.05, 3.63) is 23.9 Å². The van der Waals surface area contributed by atoms with Crippen LogP contribution in [0.25, 0.3) is 0 Å². The topological polar surface area (TPSA) is 100 Å². The highest BCUT2D eigenvalue weighted by atomic mass is 32.2. The highest BCUT2D eigenvalue weighted by molar-refractivity contribution is 7.89. The Morgan fingerprint density at radius 3 is 3.05 bits per heavy atom. The Hall–Kier alpha value is -1.49. The first-order valence-electron chi connectivity index (χ1n) is 6.14. The lowest BCUT2D eigenvalue weighted by atomic mass is 10.0. The summed E-state index contributed by atoms with van der Waals surface area (Å²) in [6, 6.07) is 4.71. The third-order valence-electron chi connectivity index (χ3n) is 3.28. The third-order valence-corrected chi connectivity index (χ3v) is 5.05. The van der Waals surface area contributed by atoms with E-state index in [1.165, 1.54) is 22.6 Å². The van der Waals surface area contributed by atoms with Crippen LogP contribution in [0.4, 0.5) is 0 Å². The van der Waals surface area contributed by atoms with Gasteiger partial charge in [-0.1, -0.05) is 0 Å². The normalized spacial score (nSPS) is 20.9. The van der Waals surface area contributed by atoms with Gasteiger partial charge in [-0.25, -0.2) is 13.4 Å². The van der Waals surface area contributed by atoms with Crippen LogP contribution in [-0.2, 0) is 10.0 Å². The molecule has 102 valence electrons. The molecule has 2 heterocycles. The summed E-state index contributed by atoms with van der Waals surface area (Å²) in [5.41, 5.74) is 5.91. The smallest absolute Gasteiger partial charge is 0.260 e. The molecule has 1 saturated heterocycles. The SMILES string of the molecule is N#Cc1ccnc(S(=O)(=O)N2CCC[C@H](CN)C2)c1. The summed E-state index contributed by atoms with van der Waals surface area (Å²) in [6.45, 7) is 1.40. The Morgan fingerprint density at radius 1 is 1.58 bits per heavy atom. The Kier molecular flexibility index (Phi) is 4.14. The highest BCUT2D eigenvalue weighted by Gasteiger charge is 2.30. The average Bonchev–Trinajstić information content (AvgIpc) is 2.47. The Labute approximate surface area is 112 Å². The zero-order chi connectivity index (χ0) is 13.9. The lowest BCUT2D eigenvalue weighted by Crippen LogP contribution is -2.42. The van der Waals surface area contributed by atoms with Gasteiger partial charge in [-0.15, -0.1) is 0 Å². The van der Waals surface area contributed by atoms with Crippen molar-refractivity contribution >= 4 is 10.0 Å². The van der Waals surface area contributed by atoms with E-state index in [9.17, 15) is 8.42 Å². The van der Waals surface area contributed by atoms with Gasteiger partial charge in [0.1, 0.15) is 0 Å². The van der Waals surface area contributed by atoms with Gasteiger partial charge in [-0.3, -0.25) is 0 Å². The van der Waals surface area contributed by atoms with E-state index in [0.29, 0.717) is 25.2 Å². The molecule has 6 nitrogen and oxygen atoms in total.